The van der Waals surface area contributed by atoms with Crippen molar-refractivity contribution in [3.8, 4) is 0 Å². The molecule has 4 unspecified atom stereocenters. The Morgan fingerprint density at radius 3 is 1.92 bits per heavy atom. The van der Waals surface area contributed by atoms with Gasteiger partial charge in [0.2, 0.25) is 5.91 Å². The molecule has 0 saturated heterocycles. The van der Waals surface area contributed by atoms with Gasteiger partial charge in [-0.25, -0.2) is 9.59 Å². The molecule has 0 bridgehead atoms. The first-order chi connectivity index (χ1) is 24.7. The van der Waals surface area contributed by atoms with Crippen LogP contribution >= 0.6 is 0 Å². The molecule has 2 aromatic heterocycles. The first-order valence-corrected chi connectivity index (χ1v) is 16.9. The van der Waals surface area contributed by atoms with Crippen LogP contribution in [0, 0.1) is 5.92 Å². The third-order valence-corrected chi connectivity index (χ3v) is 7.95. The highest BCUT2D eigenvalue weighted by Crippen LogP contribution is 2.18. The highest BCUT2D eigenvalue weighted by Gasteiger charge is 2.33. The van der Waals surface area contributed by atoms with Crippen molar-refractivity contribution >= 4 is 24.1 Å². The summed E-state index contributed by atoms with van der Waals surface area (Å²) in [6, 6.07) is 25.6. The zero-order valence-corrected chi connectivity index (χ0v) is 29.1. The maximum Gasteiger partial charge on any atom is 0.408 e. The number of nitrogens with zero attached hydrogens (tertiary/aromatic N) is 2. The Morgan fingerprint density at radius 2 is 1.31 bits per heavy atom. The quantitative estimate of drug-likeness (QED) is 0.0983. The molecule has 0 saturated carbocycles. The predicted octanol–water partition coefficient (Wildman–Crippen LogP) is 5.31. The van der Waals surface area contributed by atoms with E-state index in [1.165, 1.54) is 6.92 Å². The summed E-state index contributed by atoms with van der Waals surface area (Å²) in [6.45, 7) is 4.86. The third kappa shape index (κ3) is 13.6. The van der Waals surface area contributed by atoms with Crippen molar-refractivity contribution in [1.82, 2.24) is 25.9 Å². The van der Waals surface area contributed by atoms with Crippen LogP contribution < -0.4 is 16.0 Å². The number of nitrogens with one attached hydrogen (secondary N) is 3. The van der Waals surface area contributed by atoms with E-state index in [2.05, 4.69) is 25.9 Å². The molecule has 4 atom stereocenters. The molecule has 0 aliphatic rings. The molecule has 0 radical (unpaired) electrons. The van der Waals surface area contributed by atoms with Crippen LogP contribution in [0.4, 0.5) is 9.59 Å². The van der Waals surface area contributed by atoms with E-state index in [9.17, 15) is 19.2 Å². The number of amides is 3. The average Bonchev–Trinajstić information content (AvgIpc) is 3.13. The number of pyridine rings is 2. The number of esters is 1. The first kappa shape index (κ1) is 38.0. The van der Waals surface area contributed by atoms with Crippen LogP contribution in [0.25, 0.3) is 0 Å². The maximum atomic E-state index is 13.9. The molecule has 2 aromatic carbocycles. The van der Waals surface area contributed by atoms with Crippen LogP contribution in [0.2, 0.25) is 0 Å². The third-order valence-electron chi connectivity index (χ3n) is 7.95. The Balaban J connectivity index is 1.55. The molecule has 4 aromatic rings. The number of hydrogen-bond donors (Lipinski definition) is 3. The molecular formula is C39H45N5O7. The molecule has 2 heterocycles. The number of carbonyl (C=O) groups is 4. The molecule has 3 amide bonds. The van der Waals surface area contributed by atoms with E-state index < -0.39 is 48.3 Å². The second kappa shape index (κ2) is 20.0. The highest BCUT2D eigenvalue weighted by molar-refractivity contribution is 5.86. The Labute approximate surface area is 298 Å². The van der Waals surface area contributed by atoms with Gasteiger partial charge in [0.15, 0.2) is 0 Å². The van der Waals surface area contributed by atoms with Gasteiger partial charge in [-0.15, -0.1) is 0 Å². The van der Waals surface area contributed by atoms with E-state index in [1.54, 1.807) is 62.8 Å². The zero-order valence-electron chi connectivity index (χ0n) is 29.1. The summed E-state index contributed by atoms with van der Waals surface area (Å²) in [6.07, 6.45) is 3.35. The van der Waals surface area contributed by atoms with Gasteiger partial charge < -0.3 is 30.2 Å². The molecule has 12 nitrogen and oxygen atoms in total. The molecule has 3 N–H and O–H groups in total. The first-order valence-electron chi connectivity index (χ1n) is 16.9. The average molecular weight is 696 g/mol. The van der Waals surface area contributed by atoms with E-state index in [-0.39, 0.29) is 25.6 Å². The molecule has 12 heteroatoms. The molecule has 0 aliphatic carbocycles. The molecule has 4 rings (SSSR count). The Hall–Kier alpha value is -5.78. The zero-order chi connectivity index (χ0) is 36.4. The highest BCUT2D eigenvalue weighted by atomic mass is 16.6. The van der Waals surface area contributed by atoms with Gasteiger partial charge in [0.25, 0.3) is 0 Å². The lowest BCUT2D eigenvalue weighted by Gasteiger charge is -2.32. The number of benzene rings is 2. The summed E-state index contributed by atoms with van der Waals surface area (Å²) >= 11 is 0. The van der Waals surface area contributed by atoms with Gasteiger partial charge in [-0.3, -0.25) is 19.6 Å². The summed E-state index contributed by atoms with van der Waals surface area (Å²) in [5.74, 6) is -1.36. The number of alkyl carbamates (subject to hydrolysis) is 2. The van der Waals surface area contributed by atoms with E-state index >= 15 is 0 Å². The lowest BCUT2D eigenvalue weighted by molar-refractivity contribution is -0.149. The number of aromatic nitrogens is 2. The topological polar surface area (TPSA) is 158 Å². The van der Waals surface area contributed by atoms with Crippen molar-refractivity contribution in [2.45, 2.75) is 77.5 Å². The van der Waals surface area contributed by atoms with E-state index in [1.807, 2.05) is 60.7 Å². The van der Waals surface area contributed by atoms with Gasteiger partial charge in [0, 0.05) is 43.5 Å². The van der Waals surface area contributed by atoms with E-state index in [4.69, 9.17) is 14.2 Å². The number of rotatable bonds is 17. The summed E-state index contributed by atoms with van der Waals surface area (Å²) < 4.78 is 16.7. The van der Waals surface area contributed by atoms with Crippen LogP contribution in [0.15, 0.2) is 110 Å². The van der Waals surface area contributed by atoms with Crippen LogP contribution in [0.5, 0.6) is 0 Å². The second-order valence-corrected chi connectivity index (χ2v) is 12.4. The molecule has 0 fully saturated rings. The van der Waals surface area contributed by atoms with Gasteiger partial charge in [-0.2, -0.15) is 0 Å². The van der Waals surface area contributed by atoms with Crippen LogP contribution in [0.3, 0.4) is 0 Å². The van der Waals surface area contributed by atoms with E-state index in [0.717, 1.165) is 16.7 Å². The fourth-order valence-electron chi connectivity index (χ4n) is 5.46. The van der Waals surface area contributed by atoms with Crippen molar-refractivity contribution in [3.63, 3.8) is 0 Å². The Kier molecular flexibility index (Phi) is 14.9. The summed E-state index contributed by atoms with van der Waals surface area (Å²) in [5.41, 5.74) is 3.11. The normalized spacial score (nSPS) is 13.2. The SMILES string of the molecule is CC(=O)OC(CC(Cc1ccccc1)NC(=O)OCc1cccnc1)C(Cc1ccccc1)NC(=O)C(NC(=O)OCc1ccccn1)C(C)C. The van der Waals surface area contributed by atoms with Gasteiger partial charge in [0.05, 0.1) is 11.7 Å². The maximum absolute atomic E-state index is 13.9. The number of ether oxygens (including phenoxy) is 3. The monoisotopic (exact) mass is 695 g/mol. The largest absolute Gasteiger partial charge is 0.460 e. The van der Waals surface area contributed by atoms with Crippen LogP contribution in [-0.2, 0) is 49.9 Å². The minimum Gasteiger partial charge on any atom is -0.460 e. The minimum absolute atomic E-state index is 0.0195. The molecule has 268 valence electrons. The fourth-order valence-corrected chi connectivity index (χ4v) is 5.46. The Morgan fingerprint density at radius 1 is 0.686 bits per heavy atom. The van der Waals surface area contributed by atoms with Crippen LogP contribution in [-0.4, -0.2) is 58.3 Å². The van der Waals surface area contributed by atoms with Gasteiger partial charge in [0.1, 0.15) is 25.4 Å². The number of carbonyl (C=O) groups excluding carboxylic acids is 4. The van der Waals surface area contributed by atoms with Crippen molar-refractivity contribution in [2.75, 3.05) is 0 Å². The summed E-state index contributed by atoms with van der Waals surface area (Å²) in [4.78, 5) is 60.6. The summed E-state index contributed by atoms with van der Waals surface area (Å²) in [5, 5.41) is 8.67. The van der Waals surface area contributed by atoms with Crippen molar-refractivity contribution in [3.05, 3.63) is 132 Å². The number of hydrogen-bond acceptors (Lipinski definition) is 9. The molecule has 0 aliphatic heterocycles. The second-order valence-electron chi connectivity index (χ2n) is 12.4. The molecule has 0 spiro atoms. The van der Waals surface area contributed by atoms with E-state index in [0.29, 0.717) is 18.5 Å². The molecular weight excluding hydrogens is 650 g/mol. The smallest absolute Gasteiger partial charge is 0.408 e. The predicted molar refractivity (Wildman–Crippen MR) is 190 cm³/mol. The van der Waals surface area contributed by atoms with Gasteiger partial charge in [-0.1, -0.05) is 86.6 Å². The molecule has 51 heavy (non-hydrogen) atoms. The lowest BCUT2D eigenvalue weighted by Crippen LogP contribution is -2.56. The standard InChI is InChI=1S/C39H45N5O7/c1-27(2)36(44-39(48)50-26-32-18-10-11-20-41-32)37(46)43-34(22-30-15-8-5-9-16-30)35(51-28(3)45)23-33(21-29-13-6-4-7-14-29)42-38(47)49-25-31-17-12-19-40-24-31/h4-20,24,27,33-36H,21-23,25-26H2,1-3H3,(H,42,47)(H,43,46)(H,44,48). The Bertz CT molecular complexity index is 1660. The fraction of sp³-hybridized carbons (Fsp3) is 0.333. The van der Waals surface area contributed by atoms with Crippen molar-refractivity contribution in [2.24, 2.45) is 5.92 Å². The van der Waals surface area contributed by atoms with Crippen molar-refractivity contribution < 1.29 is 33.4 Å². The van der Waals surface area contributed by atoms with Crippen LogP contribution in [0.1, 0.15) is 49.6 Å². The van der Waals surface area contributed by atoms with Gasteiger partial charge in [-0.05, 0) is 48.1 Å². The van der Waals surface area contributed by atoms with Gasteiger partial charge >= 0.3 is 18.2 Å². The van der Waals surface area contributed by atoms with Crippen molar-refractivity contribution in [1.29, 1.82) is 0 Å². The lowest BCUT2D eigenvalue weighted by atomic mass is 9.92. The summed E-state index contributed by atoms with van der Waals surface area (Å²) in [7, 11) is 0. The minimum atomic E-state index is -0.974.